The van der Waals surface area contributed by atoms with Gasteiger partial charge in [0.25, 0.3) is 47.3 Å². The molecule has 0 spiro atoms. The number of imide groups is 4. The minimum absolute atomic E-state index is 0.0119. The van der Waals surface area contributed by atoms with E-state index in [1.165, 1.54) is 36.7 Å². The smallest absolute Gasteiger partial charge is 0.322 e. The Bertz CT molecular complexity index is 5450. The van der Waals surface area contributed by atoms with Crippen molar-refractivity contribution in [2.45, 2.75) is 50.6 Å². The molecule has 30 heteroatoms. The molecule has 2 atom stereocenters. The van der Waals surface area contributed by atoms with Crippen molar-refractivity contribution >= 4 is 139 Å². The number of rotatable bonds is 24. The summed E-state index contributed by atoms with van der Waals surface area (Å²) in [5, 5.41) is 32.2. The number of anilines is 6. The van der Waals surface area contributed by atoms with Crippen LogP contribution in [0.15, 0.2) is 194 Å². The highest BCUT2D eigenvalue weighted by Crippen LogP contribution is 2.38. The molecule has 4 aliphatic rings. The Kier molecular flexibility index (Phi) is 23.2. The predicted octanol–water partition coefficient (Wildman–Crippen LogP) is 7.35. The number of pyridine rings is 2. The Labute approximate surface area is 631 Å². The molecule has 30 nitrogen and oxygen atoms in total. The van der Waals surface area contributed by atoms with Crippen molar-refractivity contribution in [3.05, 3.63) is 239 Å². The molecule has 0 aliphatic carbocycles. The zero-order chi connectivity index (χ0) is 78.6. The van der Waals surface area contributed by atoms with Crippen molar-refractivity contribution in [2.24, 2.45) is 17.2 Å². The highest BCUT2D eigenvalue weighted by atomic mass is 16.4. The van der Waals surface area contributed by atoms with Gasteiger partial charge in [0.1, 0.15) is 18.6 Å². The van der Waals surface area contributed by atoms with Gasteiger partial charge in [-0.1, -0.05) is 84.9 Å². The first-order chi connectivity index (χ1) is 53.5. The molecule has 14 rings (SSSR count). The van der Waals surface area contributed by atoms with Gasteiger partial charge in [0.15, 0.2) is 5.78 Å². The van der Waals surface area contributed by atoms with Gasteiger partial charge < -0.3 is 54.2 Å². The van der Waals surface area contributed by atoms with Gasteiger partial charge in [-0.3, -0.25) is 97.5 Å². The molecular weight excluding hydrogens is 1420 g/mol. The van der Waals surface area contributed by atoms with Crippen molar-refractivity contribution < 1.29 is 72.2 Å². The van der Waals surface area contributed by atoms with Gasteiger partial charge >= 0.3 is 5.97 Å². The van der Waals surface area contributed by atoms with Crippen LogP contribution >= 0.6 is 0 Å². The molecule has 2 fully saturated rings. The second kappa shape index (κ2) is 33.8. The number of aromatic nitrogens is 2. The van der Waals surface area contributed by atoms with E-state index >= 15 is 0 Å². The normalized spacial score (nSPS) is 14.9. The van der Waals surface area contributed by atoms with Crippen LogP contribution in [-0.2, 0) is 28.8 Å². The maximum atomic E-state index is 13.3. The number of carbonyl (C=O) groups is 14. The monoisotopic (exact) mass is 1490 g/mol. The first kappa shape index (κ1) is 76.0. The third kappa shape index (κ3) is 17.1. The molecule has 2 saturated heterocycles. The number of primary amides is 2. The third-order valence-corrected chi connectivity index (χ3v) is 18.5. The number of carboxylic acids is 1. The summed E-state index contributed by atoms with van der Waals surface area (Å²) in [5.74, 6) is -7.85. The van der Waals surface area contributed by atoms with Crippen LogP contribution in [0.25, 0.3) is 44.1 Å². The Hall–Kier alpha value is -14.7. The van der Waals surface area contributed by atoms with Crippen LogP contribution in [0.1, 0.15) is 121 Å². The molecule has 111 heavy (non-hydrogen) atoms. The molecule has 8 aromatic carbocycles. The number of fused-ring (bicyclic) bond motifs is 4. The molecule has 2 unspecified atom stereocenters. The van der Waals surface area contributed by atoms with Crippen molar-refractivity contribution in [2.75, 3.05) is 54.0 Å². The van der Waals surface area contributed by atoms with E-state index < -0.39 is 83.7 Å². The molecule has 10 aromatic rings. The number of hydrogen-bond donors (Lipinski definition) is 12. The zero-order valence-electron chi connectivity index (χ0n) is 59.1. The van der Waals surface area contributed by atoms with E-state index in [1.54, 1.807) is 36.4 Å². The lowest BCUT2D eigenvalue weighted by Crippen LogP contribution is -2.54. The van der Waals surface area contributed by atoms with Gasteiger partial charge in [0.2, 0.25) is 23.6 Å². The number of carboxylic acid groups (broad SMARTS) is 1. The predicted molar refractivity (Wildman–Crippen MR) is 410 cm³/mol. The van der Waals surface area contributed by atoms with Gasteiger partial charge in [-0.05, 0) is 139 Å². The number of Topliss-reactive ketones (excluding diaryl/α,β-unsaturated/α-hetero) is 1. The van der Waals surface area contributed by atoms with Crippen molar-refractivity contribution in [1.29, 1.82) is 0 Å². The summed E-state index contributed by atoms with van der Waals surface area (Å²) in [6.07, 6.45) is 3.62. The summed E-state index contributed by atoms with van der Waals surface area (Å²) >= 11 is 0. The molecule has 0 saturated carbocycles. The summed E-state index contributed by atoms with van der Waals surface area (Å²) in [4.78, 5) is 182. The number of amides is 12. The van der Waals surface area contributed by atoms with Crippen LogP contribution < -0.4 is 59.7 Å². The van der Waals surface area contributed by atoms with Gasteiger partial charge in [-0.25, -0.2) is 0 Å². The molecule has 12 amide bonds. The minimum Gasteiger partial charge on any atom is -0.480 e. The number of nitrogens with one attached hydrogen (secondary N) is 8. The number of para-hydroxylation sites is 2. The van der Waals surface area contributed by atoms with Gasteiger partial charge in [0.05, 0.1) is 62.3 Å². The van der Waals surface area contributed by atoms with E-state index in [-0.39, 0.29) is 102 Å². The van der Waals surface area contributed by atoms with Crippen LogP contribution in [0.4, 0.5) is 34.1 Å². The van der Waals surface area contributed by atoms with Crippen LogP contribution in [-0.4, -0.2) is 152 Å². The number of nitrogens with zero attached hydrogens (tertiary/aromatic N) is 4. The van der Waals surface area contributed by atoms with Gasteiger partial charge in [-0.2, -0.15) is 0 Å². The molecule has 560 valence electrons. The maximum absolute atomic E-state index is 13.3. The minimum atomic E-state index is -1.12. The van der Waals surface area contributed by atoms with Crippen molar-refractivity contribution in [3.8, 4) is 22.3 Å². The van der Waals surface area contributed by atoms with E-state index in [0.717, 1.165) is 54.3 Å². The van der Waals surface area contributed by atoms with E-state index in [2.05, 4.69) is 52.5 Å². The molecule has 0 bridgehead atoms. The third-order valence-electron chi connectivity index (χ3n) is 18.5. The summed E-state index contributed by atoms with van der Waals surface area (Å²) in [6.45, 7) is 0.526. The standard InChI is InChI=1S/C41H35N7O7.C25H23N5O2.C15H13N3O6/c42-37(51)30-22-45-31-16-15-25(20-29(31)36(30)46-26-6-2-1-3-7-26)23-11-13-24(14-12-23)38(52)43-19-5-8-27(49)21-44-32-10-4-9-28-35(32)41(55)48(40(28)54)33-17-18-34(50)47-39(33)53;26-12-13-28-25(32)17-8-6-16(7-9-17)18-10-11-22-20(14-18)23(21(15-29-22)24(27)31)30-19-4-2-1-3-5-19;19-10-5-4-9(13(22)17-10)18-14(23)7-2-1-3-8(12(7)15(18)24)16-6-11(20)21/h1-4,6-7,9-16,20,22,33,44H,5,8,17-19,21H2,(H2,42,51)(H,43,52)(H,45,46)(H,47,50,53);1-11,14-15H,12-13,26H2,(H2,27,31)(H,28,32)(H,29,30);1-3,9,16H,4-6H2,(H,20,21)(H,17,19,22). The number of hydrogen-bond acceptors (Lipinski definition) is 21. The fourth-order valence-electron chi connectivity index (χ4n) is 13.0. The highest BCUT2D eigenvalue weighted by molar-refractivity contribution is 6.27. The molecule has 4 aliphatic heterocycles. The Morgan fingerprint density at radius 3 is 1.30 bits per heavy atom. The average Bonchev–Trinajstić information content (AvgIpc) is 1.61. The van der Waals surface area contributed by atoms with Crippen LogP contribution in [0.2, 0.25) is 0 Å². The van der Waals surface area contributed by atoms with E-state index in [1.807, 2.05) is 121 Å². The first-order valence-electron chi connectivity index (χ1n) is 35.0. The molecule has 15 N–H and O–H groups in total. The number of ketones is 1. The Morgan fingerprint density at radius 1 is 0.477 bits per heavy atom. The second-order valence-corrected chi connectivity index (χ2v) is 25.8. The van der Waals surface area contributed by atoms with E-state index in [9.17, 15) is 67.1 Å². The lowest BCUT2D eigenvalue weighted by molar-refractivity contribution is -0.137. The van der Waals surface area contributed by atoms with Crippen molar-refractivity contribution in [3.63, 3.8) is 0 Å². The summed E-state index contributed by atoms with van der Waals surface area (Å²) < 4.78 is 0. The molecule has 6 heterocycles. The molecule has 0 radical (unpaired) electrons. The topological polar surface area (TPSA) is 466 Å². The summed E-state index contributed by atoms with van der Waals surface area (Å²) in [6, 6.07) is 51.8. The fraction of sp³-hybridized carbons (Fsp3) is 0.160. The van der Waals surface area contributed by atoms with E-state index in [4.69, 9.17) is 22.3 Å². The second-order valence-electron chi connectivity index (χ2n) is 25.8. The largest absolute Gasteiger partial charge is 0.480 e. The fourth-order valence-corrected chi connectivity index (χ4v) is 13.0. The summed E-state index contributed by atoms with van der Waals surface area (Å²) in [5.41, 5.74) is 26.8. The number of nitrogens with two attached hydrogens (primary N) is 3. The van der Waals surface area contributed by atoms with Gasteiger partial charge in [0, 0.05) is 95.9 Å². The number of carbonyl (C=O) groups excluding carboxylic acids is 13. The van der Waals surface area contributed by atoms with Crippen LogP contribution in [0.3, 0.4) is 0 Å². The average molecular weight is 1490 g/mol. The maximum Gasteiger partial charge on any atom is 0.322 e. The summed E-state index contributed by atoms with van der Waals surface area (Å²) in [7, 11) is 0. The van der Waals surface area contributed by atoms with Crippen LogP contribution in [0, 0.1) is 0 Å². The van der Waals surface area contributed by atoms with Crippen molar-refractivity contribution in [1.82, 2.24) is 41.0 Å². The van der Waals surface area contributed by atoms with Crippen LogP contribution in [0.5, 0.6) is 0 Å². The van der Waals surface area contributed by atoms with Gasteiger partial charge in [-0.15, -0.1) is 0 Å². The lowest BCUT2D eigenvalue weighted by atomic mass is 9.99. The number of piperidine rings is 2. The Balaban J connectivity index is 0.000000172. The Morgan fingerprint density at radius 2 is 0.892 bits per heavy atom. The first-order valence-corrected chi connectivity index (χ1v) is 35.0. The number of benzene rings is 8. The van der Waals surface area contributed by atoms with E-state index in [0.29, 0.717) is 58.5 Å². The highest BCUT2D eigenvalue weighted by Gasteiger charge is 2.47. The number of aliphatic carboxylic acids is 1. The zero-order valence-corrected chi connectivity index (χ0v) is 59.1. The molecular formula is C81H71N15O15. The SMILES string of the molecule is NC(=O)c1cnc2ccc(-c3ccc(C(=O)NCCCC(=O)CNc4cccc5c4C(=O)N(C4CCC(=O)NC4=O)C5=O)cc3)cc2c1Nc1ccccc1.NCCNC(=O)c1ccc(-c2ccc3ncc(C(N)=O)c(Nc4ccccc4)c3c2)cc1.O=C(O)CNc1cccc2c1C(=O)N(C1CCC(=O)NC1=O)C2=O. The molecule has 2 aromatic heterocycles. The lowest BCUT2D eigenvalue weighted by Gasteiger charge is -2.27. The quantitative estimate of drug-likeness (QED) is 0.0208.